The number of nitrogens with one attached hydrogen (secondary N) is 1. The van der Waals surface area contributed by atoms with Crippen LogP contribution in [-0.2, 0) is 11.2 Å². The maximum absolute atomic E-state index is 5.81. The van der Waals surface area contributed by atoms with Gasteiger partial charge in [0.1, 0.15) is 0 Å². The molecule has 0 bridgehead atoms. The molecule has 3 atom stereocenters. The van der Waals surface area contributed by atoms with E-state index in [1.165, 1.54) is 11.3 Å². The van der Waals surface area contributed by atoms with E-state index in [0.29, 0.717) is 18.1 Å². The van der Waals surface area contributed by atoms with Gasteiger partial charge in [-0.15, -0.1) is 11.3 Å². The monoisotopic (exact) mass is 225 g/mol. The molecule has 1 aromatic heterocycles. The Morgan fingerprint density at radius 1 is 1.67 bits per heavy atom. The van der Waals surface area contributed by atoms with E-state index in [0.717, 1.165) is 13.0 Å². The zero-order chi connectivity index (χ0) is 10.7. The lowest BCUT2D eigenvalue weighted by Gasteiger charge is -2.25. The highest BCUT2D eigenvalue weighted by Crippen LogP contribution is 2.25. The molecule has 2 nitrogen and oxygen atoms in total. The number of ether oxygens (including phenoxy) is 1. The van der Waals surface area contributed by atoms with Crippen LogP contribution in [0.3, 0.4) is 0 Å². The summed E-state index contributed by atoms with van der Waals surface area (Å²) in [5.74, 6) is 0.683. The molecule has 2 rings (SSSR count). The van der Waals surface area contributed by atoms with Crippen molar-refractivity contribution in [2.24, 2.45) is 5.92 Å². The first kappa shape index (κ1) is 11.1. The number of thiophene rings is 1. The number of hydrogen-bond acceptors (Lipinski definition) is 3. The summed E-state index contributed by atoms with van der Waals surface area (Å²) >= 11 is 1.83. The molecule has 0 spiro atoms. The standard InChI is InChI=1S/C12H19NOS/c1-9-5-6-14-12(9)11(13-2)8-10-4-3-7-15-10/h3-4,7,9,11-13H,5-6,8H2,1-2H3. The van der Waals surface area contributed by atoms with Crippen LogP contribution >= 0.6 is 11.3 Å². The van der Waals surface area contributed by atoms with Gasteiger partial charge in [-0.05, 0) is 37.3 Å². The lowest BCUT2D eigenvalue weighted by atomic mass is 9.95. The third-order valence-electron chi connectivity index (χ3n) is 3.21. The molecule has 1 fully saturated rings. The van der Waals surface area contributed by atoms with Gasteiger partial charge in [0, 0.05) is 17.5 Å². The Balaban J connectivity index is 1.97. The third kappa shape index (κ3) is 2.60. The maximum atomic E-state index is 5.81. The van der Waals surface area contributed by atoms with Gasteiger partial charge < -0.3 is 10.1 Å². The Hall–Kier alpha value is -0.380. The van der Waals surface area contributed by atoms with Gasteiger partial charge in [-0.2, -0.15) is 0 Å². The third-order valence-corrected chi connectivity index (χ3v) is 4.11. The molecule has 1 aliphatic rings. The molecule has 0 aromatic carbocycles. The highest BCUT2D eigenvalue weighted by atomic mass is 32.1. The number of hydrogen-bond donors (Lipinski definition) is 1. The lowest BCUT2D eigenvalue weighted by molar-refractivity contribution is 0.0636. The largest absolute Gasteiger partial charge is 0.376 e. The topological polar surface area (TPSA) is 21.3 Å². The fourth-order valence-corrected chi connectivity index (χ4v) is 3.02. The summed E-state index contributed by atoms with van der Waals surface area (Å²) in [6.45, 7) is 3.21. The molecular formula is C12H19NOS. The minimum absolute atomic E-state index is 0.386. The van der Waals surface area contributed by atoms with Crippen molar-refractivity contribution in [2.75, 3.05) is 13.7 Å². The van der Waals surface area contributed by atoms with Gasteiger partial charge in [0.2, 0.25) is 0 Å². The summed E-state index contributed by atoms with van der Waals surface area (Å²) in [7, 11) is 2.03. The average Bonchev–Trinajstić information content (AvgIpc) is 2.85. The normalized spacial score (nSPS) is 28.1. The zero-order valence-corrected chi connectivity index (χ0v) is 10.2. The number of rotatable bonds is 4. The van der Waals surface area contributed by atoms with E-state index < -0.39 is 0 Å². The molecule has 84 valence electrons. The van der Waals surface area contributed by atoms with Crippen molar-refractivity contribution < 1.29 is 4.74 Å². The van der Waals surface area contributed by atoms with E-state index in [2.05, 4.69) is 29.8 Å². The van der Waals surface area contributed by atoms with E-state index in [9.17, 15) is 0 Å². The van der Waals surface area contributed by atoms with Crippen molar-refractivity contribution in [3.8, 4) is 0 Å². The minimum Gasteiger partial charge on any atom is -0.376 e. The second kappa shape index (κ2) is 5.10. The summed E-state index contributed by atoms with van der Waals surface area (Å²) < 4.78 is 5.81. The van der Waals surface area contributed by atoms with Crippen molar-refractivity contribution in [3.05, 3.63) is 22.4 Å². The molecule has 0 radical (unpaired) electrons. The van der Waals surface area contributed by atoms with Gasteiger partial charge in [0.25, 0.3) is 0 Å². The maximum Gasteiger partial charge on any atom is 0.0757 e. The summed E-state index contributed by atoms with van der Waals surface area (Å²) in [6, 6.07) is 4.78. The van der Waals surface area contributed by atoms with Crippen molar-refractivity contribution in [1.82, 2.24) is 5.32 Å². The quantitative estimate of drug-likeness (QED) is 0.849. The number of likely N-dealkylation sites (N-methyl/N-ethyl adjacent to an activating group) is 1. The van der Waals surface area contributed by atoms with E-state index in [-0.39, 0.29) is 0 Å². The molecule has 3 unspecified atom stereocenters. The van der Waals surface area contributed by atoms with Crippen LogP contribution in [0.15, 0.2) is 17.5 Å². The first-order chi connectivity index (χ1) is 7.31. The van der Waals surface area contributed by atoms with Crippen LogP contribution in [0.25, 0.3) is 0 Å². The van der Waals surface area contributed by atoms with Gasteiger partial charge in [-0.3, -0.25) is 0 Å². The molecule has 1 saturated heterocycles. The smallest absolute Gasteiger partial charge is 0.0757 e. The zero-order valence-electron chi connectivity index (χ0n) is 9.40. The molecule has 1 aliphatic heterocycles. The average molecular weight is 225 g/mol. The van der Waals surface area contributed by atoms with Crippen LogP contribution in [0.5, 0.6) is 0 Å². The van der Waals surface area contributed by atoms with Crippen molar-refractivity contribution >= 4 is 11.3 Å². The van der Waals surface area contributed by atoms with Crippen LogP contribution in [0.1, 0.15) is 18.2 Å². The first-order valence-electron chi connectivity index (χ1n) is 5.62. The predicted octanol–water partition coefficient (Wildman–Crippen LogP) is 2.30. The van der Waals surface area contributed by atoms with E-state index in [1.54, 1.807) is 0 Å². The summed E-state index contributed by atoms with van der Waals surface area (Å²) in [5, 5.41) is 5.53. The van der Waals surface area contributed by atoms with Crippen LogP contribution in [0.2, 0.25) is 0 Å². The van der Waals surface area contributed by atoms with Crippen LogP contribution in [0, 0.1) is 5.92 Å². The van der Waals surface area contributed by atoms with Gasteiger partial charge in [-0.1, -0.05) is 13.0 Å². The highest BCUT2D eigenvalue weighted by Gasteiger charge is 2.31. The Labute approximate surface area is 95.6 Å². The van der Waals surface area contributed by atoms with Crippen molar-refractivity contribution in [1.29, 1.82) is 0 Å². The van der Waals surface area contributed by atoms with Crippen molar-refractivity contribution in [2.45, 2.75) is 31.9 Å². The molecule has 0 aliphatic carbocycles. The Kier molecular flexibility index (Phi) is 3.78. The Bertz CT molecular complexity index is 286. The Morgan fingerprint density at radius 3 is 3.07 bits per heavy atom. The van der Waals surface area contributed by atoms with Gasteiger partial charge in [-0.25, -0.2) is 0 Å². The summed E-state index contributed by atoms with van der Waals surface area (Å²) in [5.41, 5.74) is 0. The Morgan fingerprint density at radius 2 is 2.53 bits per heavy atom. The first-order valence-corrected chi connectivity index (χ1v) is 6.50. The minimum atomic E-state index is 0.386. The van der Waals surface area contributed by atoms with Crippen LogP contribution < -0.4 is 5.32 Å². The second-order valence-electron chi connectivity index (χ2n) is 4.28. The molecule has 0 saturated carbocycles. The highest BCUT2D eigenvalue weighted by molar-refractivity contribution is 7.09. The summed E-state index contributed by atoms with van der Waals surface area (Å²) in [4.78, 5) is 1.44. The predicted molar refractivity (Wildman–Crippen MR) is 64.4 cm³/mol. The fourth-order valence-electron chi connectivity index (χ4n) is 2.26. The van der Waals surface area contributed by atoms with Crippen molar-refractivity contribution in [3.63, 3.8) is 0 Å². The van der Waals surface area contributed by atoms with Gasteiger partial charge >= 0.3 is 0 Å². The molecule has 1 aromatic rings. The van der Waals surface area contributed by atoms with E-state index >= 15 is 0 Å². The van der Waals surface area contributed by atoms with E-state index in [4.69, 9.17) is 4.74 Å². The van der Waals surface area contributed by atoms with E-state index in [1.807, 2.05) is 18.4 Å². The molecule has 2 heterocycles. The molecule has 0 amide bonds. The van der Waals surface area contributed by atoms with Gasteiger partial charge in [0.15, 0.2) is 0 Å². The fraction of sp³-hybridized carbons (Fsp3) is 0.667. The molecule has 3 heteroatoms. The summed E-state index contributed by atoms with van der Waals surface area (Å²) in [6.07, 6.45) is 2.67. The lowest BCUT2D eigenvalue weighted by Crippen LogP contribution is -2.41. The molecular weight excluding hydrogens is 206 g/mol. The van der Waals surface area contributed by atoms with Gasteiger partial charge in [0.05, 0.1) is 6.10 Å². The molecule has 15 heavy (non-hydrogen) atoms. The van der Waals surface area contributed by atoms with Crippen LogP contribution in [-0.4, -0.2) is 25.8 Å². The second-order valence-corrected chi connectivity index (χ2v) is 5.31. The van der Waals surface area contributed by atoms with Crippen LogP contribution in [0.4, 0.5) is 0 Å². The molecule has 1 N–H and O–H groups in total. The SMILES string of the molecule is CNC(Cc1cccs1)C1OCCC1C.